The van der Waals surface area contributed by atoms with E-state index in [1.807, 2.05) is 0 Å². The van der Waals surface area contributed by atoms with E-state index in [2.05, 4.69) is 0 Å². The Morgan fingerprint density at radius 3 is 0.238 bits per heavy atom. The molecule has 2 saturated carbocycles. The van der Waals surface area contributed by atoms with Crippen molar-refractivity contribution in [2.75, 3.05) is 0 Å². The summed E-state index contributed by atoms with van der Waals surface area (Å²) in [7, 11) is 0. The summed E-state index contributed by atoms with van der Waals surface area (Å²) >= 11 is 0. The Kier molecular flexibility index (Phi) is 18.1. The molecule has 0 unspecified atom stereocenters. The first-order valence-electron chi connectivity index (χ1n) is 10.00. The summed E-state index contributed by atoms with van der Waals surface area (Å²) in [5.41, 5.74) is 0. The van der Waals surface area contributed by atoms with Crippen LogP contribution in [0.4, 0.5) is 0 Å². The fourth-order valence-electron chi connectivity index (χ4n) is 3.54. The second-order valence-corrected chi connectivity index (χ2v) is 7.07. The predicted octanol–water partition coefficient (Wildman–Crippen LogP) is 8.44. The van der Waals surface area contributed by atoms with Crippen molar-refractivity contribution in [3.8, 4) is 0 Å². The third kappa shape index (κ3) is 16.2. The zero-order chi connectivity index (χ0) is 14.1. The Bertz CT molecular complexity index is 86.4. The average Bonchev–Trinajstić information content (AvgIpc) is 2.52. The third-order valence-electron chi connectivity index (χ3n) is 5.00. The maximum Gasteiger partial charge on any atom is -0.0533 e. The average molecular weight is 297 g/mol. The molecular weight excluding hydrogens is 252 g/mol. The topological polar surface area (TPSA) is 0 Å². The van der Waals surface area contributed by atoms with Gasteiger partial charge in [0.05, 0.1) is 0 Å². The summed E-state index contributed by atoms with van der Waals surface area (Å²) in [5.74, 6) is 0. The molecule has 0 atom stereocenters. The van der Waals surface area contributed by atoms with Crippen molar-refractivity contribution < 1.29 is 0 Å². The van der Waals surface area contributed by atoms with Gasteiger partial charge in [-0.15, -0.1) is 0 Å². The van der Waals surface area contributed by atoms with E-state index in [-0.39, 0.29) is 7.43 Å². The molecule has 0 heterocycles. The van der Waals surface area contributed by atoms with Gasteiger partial charge in [0.2, 0.25) is 0 Å². The number of hydrogen-bond donors (Lipinski definition) is 0. The van der Waals surface area contributed by atoms with Crippen LogP contribution in [0.1, 0.15) is 136 Å². The van der Waals surface area contributed by atoms with Crippen LogP contribution in [0.5, 0.6) is 0 Å². The Labute approximate surface area is 136 Å². The summed E-state index contributed by atoms with van der Waals surface area (Å²) in [5, 5.41) is 0. The van der Waals surface area contributed by atoms with Gasteiger partial charge in [-0.05, 0) is 0 Å². The first-order chi connectivity index (χ1) is 10.0. The lowest BCUT2D eigenvalue weighted by atomic mass is 10.0. The second kappa shape index (κ2) is 18.1. The summed E-state index contributed by atoms with van der Waals surface area (Å²) in [4.78, 5) is 0. The molecule has 2 aliphatic carbocycles. The van der Waals surface area contributed by atoms with E-state index < -0.39 is 0 Å². The first kappa shape index (κ1) is 21.0. The van der Waals surface area contributed by atoms with Crippen LogP contribution >= 0.6 is 0 Å². The summed E-state index contributed by atoms with van der Waals surface area (Å²) in [6.07, 6.45) is 30.0. The van der Waals surface area contributed by atoms with Gasteiger partial charge in [0.25, 0.3) is 0 Å². The highest BCUT2D eigenvalue weighted by Crippen LogP contribution is 2.16. The van der Waals surface area contributed by atoms with E-state index in [0.717, 1.165) is 0 Å². The molecule has 0 aromatic carbocycles. The van der Waals surface area contributed by atoms with Crippen LogP contribution in [0.15, 0.2) is 0 Å². The van der Waals surface area contributed by atoms with Gasteiger partial charge in [0, 0.05) is 0 Å². The Hall–Kier alpha value is 0. The highest BCUT2D eigenvalue weighted by Gasteiger charge is 1.96. The quantitative estimate of drug-likeness (QED) is 0.420. The van der Waals surface area contributed by atoms with Crippen molar-refractivity contribution in [2.45, 2.75) is 136 Å². The molecule has 0 aromatic rings. The lowest BCUT2D eigenvalue weighted by Crippen LogP contribution is -1.85. The minimum absolute atomic E-state index is 0. The standard InChI is InChI=1S/2C10H20.CH4/c2*1-2-4-6-8-10-9-7-5-3-1;/h2*1-10H2;1H4. The lowest BCUT2D eigenvalue weighted by Gasteiger charge is -2.05. The van der Waals surface area contributed by atoms with E-state index >= 15 is 0 Å². The van der Waals surface area contributed by atoms with E-state index in [1.165, 1.54) is 128 Å². The van der Waals surface area contributed by atoms with Gasteiger partial charge < -0.3 is 0 Å². The van der Waals surface area contributed by atoms with Crippen LogP contribution in [0.2, 0.25) is 0 Å². The summed E-state index contributed by atoms with van der Waals surface area (Å²) in [6, 6.07) is 0. The maximum atomic E-state index is 1.50. The van der Waals surface area contributed by atoms with Crippen molar-refractivity contribution in [1.82, 2.24) is 0 Å². The molecule has 128 valence electrons. The van der Waals surface area contributed by atoms with Crippen LogP contribution in [0, 0.1) is 0 Å². The van der Waals surface area contributed by atoms with Crippen molar-refractivity contribution in [3.05, 3.63) is 0 Å². The van der Waals surface area contributed by atoms with Crippen molar-refractivity contribution in [1.29, 1.82) is 0 Å². The molecule has 0 aromatic heterocycles. The van der Waals surface area contributed by atoms with Crippen LogP contribution in [0.3, 0.4) is 0 Å². The van der Waals surface area contributed by atoms with Crippen molar-refractivity contribution in [2.24, 2.45) is 0 Å². The van der Waals surface area contributed by atoms with Gasteiger partial charge >= 0.3 is 0 Å². The van der Waals surface area contributed by atoms with E-state index in [9.17, 15) is 0 Å². The van der Waals surface area contributed by atoms with Gasteiger partial charge in [-0.2, -0.15) is 0 Å². The molecule has 0 aliphatic heterocycles. The SMILES string of the molecule is C.C1CCCCCCCCC1.C1CCCCCCCCC1. The summed E-state index contributed by atoms with van der Waals surface area (Å²) in [6.45, 7) is 0. The molecule has 2 rings (SSSR count). The van der Waals surface area contributed by atoms with Gasteiger partial charge in [0.1, 0.15) is 0 Å². The Morgan fingerprint density at radius 2 is 0.190 bits per heavy atom. The molecule has 0 N–H and O–H groups in total. The summed E-state index contributed by atoms with van der Waals surface area (Å²) < 4.78 is 0. The van der Waals surface area contributed by atoms with Crippen LogP contribution in [-0.4, -0.2) is 0 Å². The molecule has 0 spiro atoms. The highest BCUT2D eigenvalue weighted by molar-refractivity contribution is 4.52. The van der Waals surface area contributed by atoms with Crippen molar-refractivity contribution in [3.63, 3.8) is 0 Å². The smallest absolute Gasteiger partial charge is 0.0533 e. The minimum Gasteiger partial charge on any atom is -0.0776 e. The highest BCUT2D eigenvalue weighted by atomic mass is 14.0. The molecular formula is C21H44. The minimum atomic E-state index is 0. The van der Waals surface area contributed by atoms with Crippen LogP contribution in [-0.2, 0) is 0 Å². The van der Waals surface area contributed by atoms with Gasteiger partial charge in [0.15, 0.2) is 0 Å². The van der Waals surface area contributed by atoms with Crippen LogP contribution < -0.4 is 0 Å². The van der Waals surface area contributed by atoms with Crippen molar-refractivity contribution >= 4 is 0 Å². The van der Waals surface area contributed by atoms with Gasteiger partial charge in [-0.3, -0.25) is 0 Å². The normalized spacial score (nSPS) is 22.9. The molecule has 2 fully saturated rings. The van der Waals surface area contributed by atoms with Gasteiger partial charge in [-0.1, -0.05) is 136 Å². The van der Waals surface area contributed by atoms with E-state index in [4.69, 9.17) is 0 Å². The third-order valence-corrected chi connectivity index (χ3v) is 5.00. The van der Waals surface area contributed by atoms with E-state index in [0.29, 0.717) is 0 Å². The molecule has 0 amide bonds. The van der Waals surface area contributed by atoms with Crippen LogP contribution in [0.25, 0.3) is 0 Å². The zero-order valence-electron chi connectivity index (χ0n) is 14.1. The molecule has 0 saturated heterocycles. The molecule has 0 radical (unpaired) electrons. The van der Waals surface area contributed by atoms with Gasteiger partial charge in [-0.25, -0.2) is 0 Å². The fraction of sp³-hybridized carbons (Fsp3) is 1.00. The Balaban J connectivity index is 0.000000364. The second-order valence-electron chi connectivity index (χ2n) is 7.07. The lowest BCUT2D eigenvalue weighted by molar-refractivity contribution is 0.504. The number of rotatable bonds is 0. The maximum absolute atomic E-state index is 1.50. The Morgan fingerprint density at radius 1 is 0.143 bits per heavy atom. The number of hydrogen-bond acceptors (Lipinski definition) is 0. The fourth-order valence-corrected chi connectivity index (χ4v) is 3.54. The molecule has 2 aliphatic rings. The van der Waals surface area contributed by atoms with E-state index in [1.54, 1.807) is 0 Å². The zero-order valence-corrected chi connectivity index (χ0v) is 14.1. The first-order valence-corrected chi connectivity index (χ1v) is 10.00. The molecule has 0 heteroatoms. The molecule has 21 heavy (non-hydrogen) atoms. The molecule has 0 nitrogen and oxygen atoms in total. The largest absolute Gasteiger partial charge is 0.0776 e. The predicted molar refractivity (Wildman–Crippen MR) is 99.1 cm³/mol. The monoisotopic (exact) mass is 296 g/mol. The molecule has 0 bridgehead atoms.